The molecular formula is C19H18BrNO4. The summed E-state index contributed by atoms with van der Waals surface area (Å²) in [6.07, 6.45) is 0. The first-order chi connectivity index (χ1) is 11.8. The molecule has 0 aliphatic rings. The van der Waals surface area contributed by atoms with Crippen LogP contribution in [0.3, 0.4) is 0 Å². The Morgan fingerprint density at radius 2 is 1.40 bits per heavy atom. The lowest BCUT2D eigenvalue weighted by Gasteiger charge is -2.02. The lowest BCUT2D eigenvalue weighted by Crippen LogP contribution is -2.03. The van der Waals surface area contributed by atoms with Crippen molar-refractivity contribution in [3.05, 3.63) is 68.7 Å². The summed E-state index contributed by atoms with van der Waals surface area (Å²) in [4.78, 5) is 22.2. The number of nitrogens with zero attached hydrogens (tertiary/aromatic N) is 1. The molecule has 0 amide bonds. The third-order valence-corrected chi connectivity index (χ3v) is 3.85. The highest BCUT2D eigenvalue weighted by Crippen LogP contribution is 2.16. The number of hydrogen-bond acceptors (Lipinski definition) is 5. The predicted molar refractivity (Wildman–Crippen MR) is 97.5 cm³/mol. The quantitative estimate of drug-likeness (QED) is 0.702. The van der Waals surface area contributed by atoms with Crippen molar-refractivity contribution in [2.45, 2.75) is 13.8 Å². The van der Waals surface area contributed by atoms with Gasteiger partial charge in [0.1, 0.15) is 0 Å². The number of carbonyl (C=O) groups is 2. The Morgan fingerprint density at radius 3 is 1.80 bits per heavy atom. The predicted octanol–water partition coefficient (Wildman–Crippen LogP) is 4.20. The third kappa shape index (κ3) is 5.73. The molecule has 0 saturated heterocycles. The van der Waals surface area contributed by atoms with Crippen LogP contribution in [0.5, 0.6) is 0 Å². The highest BCUT2D eigenvalue weighted by atomic mass is 79.9. The summed E-state index contributed by atoms with van der Waals surface area (Å²) in [5, 5.41) is 8.58. The van der Waals surface area contributed by atoms with Gasteiger partial charge in [-0.2, -0.15) is 5.26 Å². The average Bonchev–Trinajstić information content (AvgIpc) is 2.60. The molecule has 2 aromatic rings. The maximum Gasteiger partial charge on any atom is 0.338 e. The van der Waals surface area contributed by atoms with E-state index in [4.69, 9.17) is 5.26 Å². The summed E-state index contributed by atoms with van der Waals surface area (Å²) in [5.74, 6) is -0.665. The van der Waals surface area contributed by atoms with Crippen LogP contribution >= 0.6 is 15.9 Å². The Labute approximate surface area is 155 Å². The number of hydrogen-bond donors (Lipinski definition) is 0. The number of rotatable bonds is 2. The summed E-state index contributed by atoms with van der Waals surface area (Å²) in [5.41, 5.74) is 3.33. The van der Waals surface area contributed by atoms with E-state index in [1.165, 1.54) is 14.2 Å². The molecule has 0 atom stereocenters. The molecule has 0 aliphatic carbocycles. The fourth-order valence-corrected chi connectivity index (χ4v) is 2.51. The van der Waals surface area contributed by atoms with Gasteiger partial charge >= 0.3 is 11.9 Å². The van der Waals surface area contributed by atoms with Crippen LogP contribution in [-0.2, 0) is 9.47 Å². The summed E-state index contributed by atoms with van der Waals surface area (Å²) in [6, 6.07) is 12.3. The molecular weight excluding hydrogens is 386 g/mol. The minimum atomic E-state index is -0.373. The molecule has 0 heterocycles. The van der Waals surface area contributed by atoms with Crippen molar-refractivity contribution in [3.8, 4) is 6.07 Å². The van der Waals surface area contributed by atoms with Crippen LogP contribution in [0.15, 0.2) is 40.9 Å². The summed E-state index contributed by atoms with van der Waals surface area (Å²) in [6.45, 7) is 3.64. The molecule has 0 aromatic heterocycles. The van der Waals surface area contributed by atoms with Crippen LogP contribution in [0.1, 0.15) is 37.4 Å². The third-order valence-electron chi connectivity index (χ3n) is 3.35. The molecule has 130 valence electrons. The lowest BCUT2D eigenvalue weighted by molar-refractivity contribution is 0.0591. The van der Waals surface area contributed by atoms with Gasteiger partial charge in [-0.25, -0.2) is 9.59 Å². The van der Waals surface area contributed by atoms with Crippen molar-refractivity contribution in [3.63, 3.8) is 0 Å². The van der Waals surface area contributed by atoms with Crippen molar-refractivity contribution in [1.29, 1.82) is 5.26 Å². The second-order valence-electron chi connectivity index (χ2n) is 5.08. The van der Waals surface area contributed by atoms with Gasteiger partial charge in [0, 0.05) is 4.47 Å². The van der Waals surface area contributed by atoms with Crippen LogP contribution in [0.2, 0.25) is 0 Å². The monoisotopic (exact) mass is 403 g/mol. The van der Waals surface area contributed by atoms with Crippen LogP contribution < -0.4 is 0 Å². The van der Waals surface area contributed by atoms with Gasteiger partial charge in [0.2, 0.25) is 0 Å². The molecule has 0 unspecified atom stereocenters. The van der Waals surface area contributed by atoms with Gasteiger partial charge in [-0.15, -0.1) is 0 Å². The Kier molecular flexibility index (Phi) is 7.83. The van der Waals surface area contributed by atoms with Gasteiger partial charge in [-0.3, -0.25) is 0 Å². The highest BCUT2D eigenvalue weighted by Gasteiger charge is 2.09. The summed E-state index contributed by atoms with van der Waals surface area (Å²) in [7, 11) is 2.71. The molecule has 0 fully saturated rings. The zero-order chi connectivity index (χ0) is 19.0. The minimum Gasteiger partial charge on any atom is -0.465 e. The maximum absolute atomic E-state index is 11.1. The number of ether oxygens (including phenoxy) is 2. The second kappa shape index (κ2) is 9.60. The number of carbonyl (C=O) groups excluding carboxylic acids is 2. The topological polar surface area (TPSA) is 76.4 Å². The smallest absolute Gasteiger partial charge is 0.338 e. The van der Waals surface area contributed by atoms with Crippen LogP contribution in [0.25, 0.3) is 0 Å². The van der Waals surface area contributed by atoms with E-state index in [-0.39, 0.29) is 11.9 Å². The molecule has 2 rings (SSSR count). The van der Waals surface area contributed by atoms with E-state index in [1.54, 1.807) is 31.2 Å². The van der Waals surface area contributed by atoms with Crippen LogP contribution in [0, 0.1) is 25.2 Å². The number of esters is 2. The SMILES string of the molecule is COC(=O)c1ccc(Br)cc1C.COC(=O)c1ccc(C#N)cc1C. The van der Waals surface area contributed by atoms with Gasteiger partial charge in [0.05, 0.1) is 37.0 Å². The minimum absolute atomic E-state index is 0.292. The van der Waals surface area contributed by atoms with E-state index in [1.807, 2.05) is 25.1 Å². The average molecular weight is 404 g/mol. The van der Waals surface area contributed by atoms with E-state index in [0.717, 1.165) is 15.6 Å². The fourth-order valence-electron chi connectivity index (χ4n) is 2.04. The Morgan fingerprint density at radius 1 is 0.920 bits per heavy atom. The number of halogens is 1. The van der Waals surface area contributed by atoms with E-state index >= 15 is 0 Å². The maximum atomic E-state index is 11.1. The van der Waals surface area contributed by atoms with Gasteiger partial charge in [-0.1, -0.05) is 15.9 Å². The molecule has 0 N–H and O–H groups in total. The van der Waals surface area contributed by atoms with E-state index in [2.05, 4.69) is 25.4 Å². The Balaban J connectivity index is 0.000000251. The van der Waals surface area contributed by atoms with Gasteiger partial charge in [0.15, 0.2) is 0 Å². The molecule has 0 radical (unpaired) electrons. The van der Waals surface area contributed by atoms with E-state index < -0.39 is 0 Å². The summed E-state index contributed by atoms with van der Waals surface area (Å²) < 4.78 is 10.1. The molecule has 2 aromatic carbocycles. The van der Waals surface area contributed by atoms with Gasteiger partial charge in [-0.05, 0) is 61.4 Å². The Hall–Kier alpha value is -2.65. The second-order valence-corrected chi connectivity index (χ2v) is 6.00. The molecule has 0 aliphatic heterocycles. The zero-order valence-corrected chi connectivity index (χ0v) is 16.0. The zero-order valence-electron chi connectivity index (χ0n) is 14.4. The van der Waals surface area contributed by atoms with Crippen LogP contribution in [0.4, 0.5) is 0 Å². The lowest BCUT2D eigenvalue weighted by atomic mass is 10.1. The number of nitriles is 1. The number of methoxy groups -OCH3 is 2. The number of aryl methyl sites for hydroxylation is 2. The molecule has 6 heteroatoms. The number of benzene rings is 2. The molecule has 0 bridgehead atoms. The van der Waals surface area contributed by atoms with Crippen molar-refractivity contribution in [2.24, 2.45) is 0 Å². The van der Waals surface area contributed by atoms with Crippen LogP contribution in [-0.4, -0.2) is 26.2 Å². The molecule has 5 nitrogen and oxygen atoms in total. The van der Waals surface area contributed by atoms with E-state index in [9.17, 15) is 9.59 Å². The first-order valence-corrected chi connectivity index (χ1v) is 8.06. The van der Waals surface area contributed by atoms with Gasteiger partial charge in [0.25, 0.3) is 0 Å². The van der Waals surface area contributed by atoms with E-state index in [0.29, 0.717) is 16.7 Å². The fraction of sp³-hybridized carbons (Fsp3) is 0.211. The van der Waals surface area contributed by atoms with Crippen molar-refractivity contribution >= 4 is 27.9 Å². The normalized spacial score (nSPS) is 9.28. The van der Waals surface area contributed by atoms with Gasteiger partial charge < -0.3 is 9.47 Å². The molecule has 0 spiro atoms. The Bertz CT molecular complexity index is 825. The molecule has 0 saturated carbocycles. The largest absolute Gasteiger partial charge is 0.465 e. The summed E-state index contributed by atoms with van der Waals surface area (Å²) >= 11 is 3.32. The first kappa shape index (κ1) is 20.4. The first-order valence-electron chi connectivity index (χ1n) is 7.27. The van der Waals surface area contributed by atoms with Crippen molar-refractivity contribution in [2.75, 3.05) is 14.2 Å². The van der Waals surface area contributed by atoms with Crippen molar-refractivity contribution in [1.82, 2.24) is 0 Å². The molecule has 25 heavy (non-hydrogen) atoms. The van der Waals surface area contributed by atoms with Crippen molar-refractivity contribution < 1.29 is 19.1 Å². The highest BCUT2D eigenvalue weighted by molar-refractivity contribution is 9.10. The standard InChI is InChI=1S/C10H9NO2.C9H9BrO2/c1-7-5-8(6-11)3-4-9(7)10(12)13-2;1-6-5-7(10)3-4-8(6)9(11)12-2/h3-5H,1-2H3;3-5H,1-2H3.